The summed E-state index contributed by atoms with van der Waals surface area (Å²) < 4.78 is 120. The van der Waals surface area contributed by atoms with Gasteiger partial charge >= 0.3 is 18.5 Å². The molecule has 3 rings (SSSR count). The van der Waals surface area contributed by atoms with Gasteiger partial charge < -0.3 is 5.32 Å². The van der Waals surface area contributed by atoms with Gasteiger partial charge in [0.05, 0.1) is 27.0 Å². The van der Waals surface area contributed by atoms with Crippen LogP contribution in [0.2, 0.25) is 0 Å². The van der Waals surface area contributed by atoms with E-state index in [1.165, 1.54) is 24.3 Å². The van der Waals surface area contributed by atoms with Crippen molar-refractivity contribution in [2.45, 2.75) is 18.5 Å². The lowest BCUT2D eigenvalue weighted by molar-refractivity contribution is -0.143. The van der Waals surface area contributed by atoms with Gasteiger partial charge in [-0.05, 0) is 52.3 Å². The molecule has 0 aliphatic rings. The van der Waals surface area contributed by atoms with Crippen LogP contribution in [0.3, 0.4) is 0 Å². The summed E-state index contributed by atoms with van der Waals surface area (Å²) >= 11 is 5.67. The highest BCUT2D eigenvalue weighted by Gasteiger charge is 2.40. The van der Waals surface area contributed by atoms with Crippen LogP contribution in [-0.4, -0.2) is 9.55 Å². The number of hydrogen-bond acceptors (Lipinski definition) is 3. The minimum absolute atomic E-state index is 0.0592. The van der Waals surface area contributed by atoms with Crippen molar-refractivity contribution in [1.82, 2.24) is 9.55 Å². The van der Waals surface area contributed by atoms with Gasteiger partial charge in [0.1, 0.15) is 0 Å². The largest absolute Gasteiger partial charge is 0.433 e. The molecule has 0 bridgehead atoms. The van der Waals surface area contributed by atoms with Gasteiger partial charge in [0.2, 0.25) is 5.95 Å². The van der Waals surface area contributed by atoms with E-state index in [4.69, 9.17) is 0 Å². The van der Waals surface area contributed by atoms with Gasteiger partial charge in [-0.15, -0.1) is 0 Å². The fourth-order valence-corrected chi connectivity index (χ4v) is 3.57. The SMILES string of the molecule is O=c1cc(C(F)(F)F)nc(Nc2cc(C(F)(F)F)cc(C(F)(F)F)c2Br)n1-c1ccc(Br)cc1. The van der Waals surface area contributed by atoms with E-state index >= 15 is 0 Å². The number of benzene rings is 2. The Morgan fingerprint density at radius 3 is 1.88 bits per heavy atom. The van der Waals surface area contributed by atoms with Gasteiger partial charge in [-0.3, -0.25) is 4.79 Å². The smallest absolute Gasteiger partial charge is 0.324 e. The van der Waals surface area contributed by atoms with Crippen molar-refractivity contribution in [3.05, 3.63) is 78.6 Å². The molecule has 0 aliphatic carbocycles. The van der Waals surface area contributed by atoms with Crippen molar-refractivity contribution < 1.29 is 39.5 Å². The second-order valence-electron chi connectivity index (χ2n) is 6.62. The summed E-state index contributed by atoms with van der Waals surface area (Å²) in [5, 5.41) is 2.03. The zero-order valence-electron chi connectivity index (χ0n) is 16.0. The van der Waals surface area contributed by atoms with E-state index in [1.807, 2.05) is 5.32 Å². The van der Waals surface area contributed by atoms with E-state index in [0.717, 1.165) is 0 Å². The van der Waals surface area contributed by atoms with Crippen molar-refractivity contribution in [2.75, 3.05) is 5.32 Å². The standard InChI is InChI=1S/C19H8Br2F9N3O/c20-9-1-3-10(4-2-9)33-14(34)7-13(19(28,29)30)32-16(33)31-12-6-8(17(22,23)24)5-11(15(12)21)18(25,26)27/h1-7H,(H,31,32). The second-order valence-corrected chi connectivity index (χ2v) is 8.33. The van der Waals surface area contributed by atoms with E-state index in [1.54, 1.807) is 0 Å². The molecule has 1 heterocycles. The van der Waals surface area contributed by atoms with Gasteiger partial charge in [-0.1, -0.05) is 15.9 Å². The average Bonchev–Trinajstić information content (AvgIpc) is 2.68. The summed E-state index contributed by atoms with van der Waals surface area (Å²) in [5.74, 6) is -0.963. The molecule has 0 fully saturated rings. The molecule has 3 aromatic rings. The Kier molecular flexibility index (Phi) is 6.83. The Bertz CT molecular complexity index is 1280. The molecule has 0 amide bonds. The highest BCUT2D eigenvalue weighted by Crippen LogP contribution is 2.43. The number of aromatic nitrogens is 2. The van der Waals surface area contributed by atoms with Crippen LogP contribution in [0.1, 0.15) is 16.8 Å². The van der Waals surface area contributed by atoms with Crippen LogP contribution in [0.5, 0.6) is 0 Å². The summed E-state index contributed by atoms with van der Waals surface area (Å²) in [6.45, 7) is 0. The predicted octanol–water partition coefficient (Wildman–Crippen LogP) is 7.56. The second kappa shape index (κ2) is 8.91. The quantitative estimate of drug-likeness (QED) is 0.306. The van der Waals surface area contributed by atoms with E-state index in [9.17, 15) is 44.3 Å². The molecule has 0 spiro atoms. The summed E-state index contributed by atoms with van der Waals surface area (Å²) in [5.41, 5.74) is -7.43. The van der Waals surface area contributed by atoms with E-state index < -0.39 is 57.0 Å². The third-order valence-corrected chi connectivity index (χ3v) is 5.63. The summed E-state index contributed by atoms with van der Waals surface area (Å²) in [6.07, 6.45) is -15.6. The van der Waals surface area contributed by atoms with E-state index in [-0.39, 0.29) is 23.9 Å². The molecule has 15 heteroatoms. The molecule has 0 unspecified atom stereocenters. The Balaban J connectivity index is 2.31. The molecule has 0 saturated heterocycles. The number of nitrogens with one attached hydrogen (secondary N) is 1. The molecule has 34 heavy (non-hydrogen) atoms. The molecule has 2 aromatic carbocycles. The number of alkyl halides is 9. The Morgan fingerprint density at radius 2 is 1.38 bits per heavy atom. The number of rotatable bonds is 3. The molecular weight excluding hydrogens is 617 g/mol. The highest BCUT2D eigenvalue weighted by atomic mass is 79.9. The van der Waals surface area contributed by atoms with Crippen LogP contribution < -0.4 is 10.9 Å². The number of nitrogens with zero attached hydrogens (tertiary/aromatic N) is 2. The van der Waals surface area contributed by atoms with E-state index in [0.29, 0.717) is 9.04 Å². The van der Waals surface area contributed by atoms with E-state index in [2.05, 4.69) is 36.8 Å². The van der Waals surface area contributed by atoms with Crippen LogP contribution in [0.15, 0.2) is 56.2 Å². The lowest BCUT2D eigenvalue weighted by Crippen LogP contribution is -2.26. The fourth-order valence-electron chi connectivity index (χ4n) is 2.76. The van der Waals surface area contributed by atoms with Crippen LogP contribution in [0.4, 0.5) is 51.1 Å². The molecule has 0 saturated carbocycles. The Labute approximate surface area is 200 Å². The molecule has 0 radical (unpaired) electrons. The maximum absolute atomic E-state index is 13.4. The highest BCUT2D eigenvalue weighted by molar-refractivity contribution is 9.11. The molecule has 4 nitrogen and oxygen atoms in total. The van der Waals surface area contributed by atoms with Crippen LogP contribution >= 0.6 is 31.9 Å². The minimum atomic E-state index is -5.25. The van der Waals surface area contributed by atoms with Crippen LogP contribution in [0, 0.1) is 0 Å². The first-order valence-electron chi connectivity index (χ1n) is 8.70. The van der Waals surface area contributed by atoms with Crippen LogP contribution in [-0.2, 0) is 18.5 Å². The zero-order chi connectivity index (χ0) is 25.6. The first-order valence-corrected chi connectivity index (χ1v) is 10.3. The lowest BCUT2D eigenvalue weighted by atomic mass is 10.1. The topological polar surface area (TPSA) is 46.9 Å². The van der Waals surface area contributed by atoms with Crippen LogP contribution in [0.25, 0.3) is 5.69 Å². The first-order chi connectivity index (χ1) is 15.5. The van der Waals surface area contributed by atoms with Crippen molar-refractivity contribution in [2.24, 2.45) is 0 Å². The number of halogens is 11. The fraction of sp³-hybridized carbons (Fsp3) is 0.158. The molecule has 1 aromatic heterocycles. The van der Waals surface area contributed by atoms with Crippen molar-refractivity contribution in [3.63, 3.8) is 0 Å². The predicted molar refractivity (Wildman–Crippen MR) is 110 cm³/mol. The monoisotopic (exact) mass is 623 g/mol. The number of hydrogen-bond donors (Lipinski definition) is 1. The van der Waals surface area contributed by atoms with Crippen molar-refractivity contribution in [3.8, 4) is 5.69 Å². The zero-order valence-corrected chi connectivity index (χ0v) is 19.2. The van der Waals surface area contributed by atoms with Gasteiger partial charge in [-0.2, -0.15) is 39.5 Å². The molecular formula is C19H8Br2F9N3O. The maximum atomic E-state index is 13.4. The summed E-state index contributed by atoms with van der Waals surface area (Å²) in [7, 11) is 0. The average molecular weight is 625 g/mol. The first kappa shape index (κ1) is 26.1. The molecule has 0 aliphatic heterocycles. The third-order valence-electron chi connectivity index (χ3n) is 4.25. The number of anilines is 2. The normalized spacial score (nSPS) is 12.7. The maximum Gasteiger partial charge on any atom is 0.433 e. The summed E-state index contributed by atoms with van der Waals surface area (Å²) in [4.78, 5) is 15.8. The third kappa shape index (κ3) is 5.56. The lowest BCUT2D eigenvalue weighted by Gasteiger charge is -2.20. The minimum Gasteiger partial charge on any atom is -0.324 e. The van der Waals surface area contributed by atoms with Gasteiger partial charge in [-0.25, -0.2) is 9.55 Å². The van der Waals surface area contributed by atoms with Crippen molar-refractivity contribution >= 4 is 43.5 Å². The van der Waals surface area contributed by atoms with Gasteiger partial charge in [0.25, 0.3) is 5.56 Å². The van der Waals surface area contributed by atoms with Crippen molar-refractivity contribution in [1.29, 1.82) is 0 Å². The summed E-state index contributed by atoms with van der Waals surface area (Å²) in [6, 6.07) is 5.60. The van der Waals surface area contributed by atoms with Gasteiger partial charge in [0.15, 0.2) is 5.69 Å². The molecule has 1 N–H and O–H groups in total. The molecule has 182 valence electrons. The Morgan fingerprint density at radius 1 is 0.794 bits per heavy atom. The Hall–Kier alpha value is -2.55. The van der Waals surface area contributed by atoms with Gasteiger partial charge in [0, 0.05) is 10.5 Å². The molecule has 0 atom stereocenters.